The molecule has 5 nitrogen and oxygen atoms in total. The molecule has 0 bridgehead atoms. The SMILES string of the molecule is C1=CC(c2cc(-c3ccncc3)cc(-n3c4ccccc4c4nc5c(cc43)c3ccccc3n5-c3ccccc3)c2)CCN1. The lowest BCUT2D eigenvalue weighted by atomic mass is 9.91. The van der Waals surface area contributed by atoms with Crippen molar-refractivity contribution >= 4 is 43.9 Å². The molecule has 1 aliphatic heterocycles. The van der Waals surface area contributed by atoms with Crippen LogP contribution in [0.5, 0.6) is 0 Å². The molecule has 0 radical (unpaired) electrons. The number of hydrogen-bond donors (Lipinski definition) is 1. The van der Waals surface area contributed by atoms with Crippen LogP contribution in [0.25, 0.3) is 66.4 Å². The summed E-state index contributed by atoms with van der Waals surface area (Å²) in [6.45, 7) is 0.971. The molecule has 4 aromatic heterocycles. The van der Waals surface area contributed by atoms with E-state index in [1.807, 2.05) is 12.4 Å². The first-order chi connectivity index (χ1) is 21.8. The molecule has 0 fully saturated rings. The predicted octanol–water partition coefficient (Wildman–Crippen LogP) is 8.93. The molecule has 0 aliphatic carbocycles. The summed E-state index contributed by atoms with van der Waals surface area (Å²) >= 11 is 0. The lowest BCUT2D eigenvalue weighted by molar-refractivity contribution is 0.657. The molecule has 5 heterocycles. The quantitative estimate of drug-likeness (QED) is 0.231. The monoisotopic (exact) mass is 567 g/mol. The van der Waals surface area contributed by atoms with Crippen molar-refractivity contribution in [2.75, 3.05) is 6.54 Å². The van der Waals surface area contributed by atoms with E-state index in [4.69, 9.17) is 4.98 Å². The van der Waals surface area contributed by atoms with Crippen LogP contribution in [0.3, 0.4) is 0 Å². The minimum Gasteiger partial charge on any atom is -0.391 e. The highest BCUT2D eigenvalue weighted by Gasteiger charge is 2.21. The van der Waals surface area contributed by atoms with Gasteiger partial charge in [-0.25, -0.2) is 4.98 Å². The van der Waals surface area contributed by atoms with Crippen LogP contribution in [-0.4, -0.2) is 25.6 Å². The van der Waals surface area contributed by atoms with Gasteiger partial charge in [0.2, 0.25) is 0 Å². The van der Waals surface area contributed by atoms with Gasteiger partial charge in [0.25, 0.3) is 0 Å². The Bertz CT molecular complexity index is 2360. The van der Waals surface area contributed by atoms with Gasteiger partial charge in [0.1, 0.15) is 5.65 Å². The molecule has 0 amide bonds. The van der Waals surface area contributed by atoms with Crippen molar-refractivity contribution in [3.05, 3.63) is 145 Å². The summed E-state index contributed by atoms with van der Waals surface area (Å²) in [5.74, 6) is 0.346. The maximum absolute atomic E-state index is 5.47. The van der Waals surface area contributed by atoms with Crippen molar-refractivity contribution in [2.45, 2.75) is 12.3 Å². The third-order valence-corrected chi connectivity index (χ3v) is 8.97. The normalized spacial score (nSPS) is 15.0. The predicted molar refractivity (Wildman–Crippen MR) is 181 cm³/mol. The molecule has 8 aromatic rings. The number of benzene rings is 4. The molecule has 1 N–H and O–H groups in total. The van der Waals surface area contributed by atoms with Crippen LogP contribution < -0.4 is 5.32 Å². The number of fused-ring (bicyclic) bond motifs is 6. The molecule has 1 unspecified atom stereocenters. The molecule has 9 rings (SSSR count). The number of rotatable bonds is 4. The summed E-state index contributed by atoms with van der Waals surface area (Å²) < 4.78 is 4.70. The molecule has 1 aliphatic rings. The molecule has 0 saturated carbocycles. The van der Waals surface area contributed by atoms with E-state index in [1.54, 1.807) is 0 Å². The number of allylic oxidation sites excluding steroid dienone is 1. The van der Waals surface area contributed by atoms with E-state index < -0.39 is 0 Å². The third kappa shape index (κ3) is 3.86. The zero-order valence-electron chi connectivity index (χ0n) is 24.1. The number of nitrogens with one attached hydrogen (secondary N) is 1. The van der Waals surface area contributed by atoms with E-state index in [-0.39, 0.29) is 0 Å². The van der Waals surface area contributed by atoms with E-state index in [9.17, 15) is 0 Å². The lowest BCUT2D eigenvalue weighted by Gasteiger charge is -2.21. The van der Waals surface area contributed by atoms with Crippen molar-refractivity contribution < 1.29 is 0 Å². The Morgan fingerprint density at radius 3 is 2.16 bits per heavy atom. The highest BCUT2D eigenvalue weighted by Crippen LogP contribution is 2.39. The van der Waals surface area contributed by atoms with Gasteiger partial charge in [0.05, 0.1) is 22.1 Å². The maximum atomic E-state index is 5.47. The van der Waals surface area contributed by atoms with Crippen LogP contribution in [-0.2, 0) is 0 Å². The van der Waals surface area contributed by atoms with Crippen molar-refractivity contribution in [1.82, 2.24) is 24.4 Å². The first-order valence-corrected chi connectivity index (χ1v) is 15.2. The van der Waals surface area contributed by atoms with Gasteiger partial charge in [0.15, 0.2) is 0 Å². The molecule has 4 aromatic carbocycles. The van der Waals surface area contributed by atoms with Gasteiger partial charge >= 0.3 is 0 Å². The molecule has 0 spiro atoms. The summed E-state index contributed by atoms with van der Waals surface area (Å²) in [5.41, 5.74) is 11.3. The van der Waals surface area contributed by atoms with E-state index >= 15 is 0 Å². The second-order valence-electron chi connectivity index (χ2n) is 11.5. The van der Waals surface area contributed by atoms with Crippen LogP contribution >= 0.6 is 0 Å². The highest BCUT2D eigenvalue weighted by molar-refractivity contribution is 6.15. The first kappa shape index (κ1) is 24.9. The number of para-hydroxylation sites is 3. The highest BCUT2D eigenvalue weighted by atomic mass is 15.1. The molecule has 5 heteroatoms. The fraction of sp³-hybridized carbons (Fsp3) is 0.0769. The Balaban J connectivity index is 1.38. The summed E-state index contributed by atoms with van der Waals surface area (Å²) in [4.78, 5) is 9.75. The maximum Gasteiger partial charge on any atom is 0.146 e. The molecule has 1 atom stereocenters. The van der Waals surface area contributed by atoms with Crippen LogP contribution in [0.4, 0.5) is 0 Å². The van der Waals surface area contributed by atoms with Crippen LogP contribution in [0.2, 0.25) is 0 Å². The lowest BCUT2D eigenvalue weighted by Crippen LogP contribution is -2.16. The Kier molecular flexibility index (Phi) is 5.63. The topological polar surface area (TPSA) is 47.7 Å². The largest absolute Gasteiger partial charge is 0.391 e. The minimum atomic E-state index is 0.346. The Labute approximate surface area is 254 Å². The van der Waals surface area contributed by atoms with Crippen molar-refractivity contribution in [3.8, 4) is 22.5 Å². The van der Waals surface area contributed by atoms with Crippen molar-refractivity contribution in [2.24, 2.45) is 0 Å². The number of aromatic nitrogens is 4. The first-order valence-electron chi connectivity index (χ1n) is 15.2. The van der Waals surface area contributed by atoms with E-state index in [0.717, 1.165) is 68.4 Å². The van der Waals surface area contributed by atoms with Crippen LogP contribution in [0.1, 0.15) is 17.9 Å². The molecular weight excluding hydrogens is 538 g/mol. The average Bonchev–Trinajstić information content (AvgIpc) is 3.60. The minimum absolute atomic E-state index is 0.346. The molecule has 210 valence electrons. The second-order valence-corrected chi connectivity index (χ2v) is 11.5. The molecule has 44 heavy (non-hydrogen) atoms. The summed E-state index contributed by atoms with van der Waals surface area (Å²) in [6, 6.07) is 41.4. The third-order valence-electron chi connectivity index (χ3n) is 8.97. The van der Waals surface area contributed by atoms with E-state index in [1.165, 1.54) is 16.5 Å². The van der Waals surface area contributed by atoms with Crippen LogP contribution in [0.15, 0.2) is 140 Å². The summed E-state index contributed by atoms with van der Waals surface area (Å²) in [7, 11) is 0. The van der Waals surface area contributed by atoms with E-state index in [0.29, 0.717) is 5.92 Å². The van der Waals surface area contributed by atoms with Gasteiger partial charge in [-0.2, -0.15) is 0 Å². The zero-order chi connectivity index (χ0) is 29.0. The number of pyridine rings is 2. The van der Waals surface area contributed by atoms with Gasteiger partial charge in [-0.3, -0.25) is 9.55 Å². The Morgan fingerprint density at radius 2 is 1.36 bits per heavy atom. The van der Waals surface area contributed by atoms with E-state index in [2.05, 4.69) is 147 Å². The van der Waals surface area contributed by atoms with Gasteiger partial charge < -0.3 is 9.88 Å². The zero-order valence-corrected chi connectivity index (χ0v) is 24.1. The summed E-state index contributed by atoms with van der Waals surface area (Å²) in [5, 5.41) is 6.85. The fourth-order valence-electron chi connectivity index (χ4n) is 6.93. The number of hydrogen-bond acceptors (Lipinski definition) is 3. The van der Waals surface area contributed by atoms with Crippen molar-refractivity contribution in [1.29, 1.82) is 0 Å². The number of nitrogens with zero attached hydrogens (tertiary/aromatic N) is 4. The Morgan fingerprint density at radius 1 is 0.614 bits per heavy atom. The fourth-order valence-corrected chi connectivity index (χ4v) is 6.93. The molecule has 0 saturated heterocycles. The standard InChI is InChI=1S/C39H29N5/c1-2-8-30(9-3-1)44-35-12-6-4-10-32(35)34-25-37-38(42-39(34)44)33-11-5-7-13-36(33)43(37)31-23-28(26-14-18-40-19-15-26)22-29(24-31)27-16-20-41-21-17-27/h1-16,18-20,22-25,27,41H,17,21H2. The average molecular weight is 568 g/mol. The second kappa shape index (κ2) is 9.96. The van der Waals surface area contributed by atoms with Crippen molar-refractivity contribution in [3.63, 3.8) is 0 Å². The van der Waals surface area contributed by atoms with Gasteiger partial charge in [-0.05, 0) is 83.9 Å². The van der Waals surface area contributed by atoms with Crippen LogP contribution in [0, 0.1) is 0 Å². The van der Waals surface area contributed by atoms with Gasteiger partial charge in [-0.15, -0.1) is 0 Å². The van der Waals surface area contributed by atoms with Gasteiger partial charge in [0, 0.05) is 52.4 Å². The molecular formula is C39H29N5. The van der Waals surface area contributed by atoms with Gasteiger partial charge in [-0.1, -0.05) is 66.7 Å². The Hall–Kier alpha value is -5.68. The smallest absolute Gasteiger partial charge is 0.146 e. The summed E-state index contributed by atoms with van der Waals surface area (Å²) in [6.07, 6.45) is 9.18.